The fourth-order valence-electron chi connectivity index (χ4n) is 4.83. The van der Waals surface area contributed by atoms with Crippen molar-refractivity contribution in [2.24, 2.45) is 0 Å². The molecule has 10 nitrogen and oxygen atoms in total. The molecule has 0 unspecified atom stereocenters. The molecule has 1 fully saturated rings. The van der Waals surface area contributed by atoms with E-state index in [2.05, 4.69) is 45.9 Å². The Labute approximate surface area is 221 Å². The van der Waals surface area contributed by atoms with Crippen LogP contribution in [0.25, 0.3) is 16.7 Å². The van der Waals surface area contributed by atoms with Crippen LogP contribution in [0.2, 0.25) is 0 Å². The summed E-state index contributed by atoms with van der Waals surface area (Å²) in [5.74, 6) is 0.379. The summed E-state index contributed by atoms with van der Waals surface area (Å²) in [6.07, 6.45) is 5.00. The number of pyridine rings is 1. The average molecular weight is 515 g/mol. The van der Waals surface area contributed by atoms with Crippen LogP contribution >= 0.6 is 0 Å². The number of rotatable bonds is 7. The number of fused-ring (bicyclic) bond motifs is 1. The highest BCUT2D eigenvalue weighted by atomic mass is 16.1. The number of hydrogen-bond donors (Lipinski definition) is 1. The predicted octanol–water partition coefficient (Wildman–Crippen LogP) is 3.31. The van der Waals surface area contributed by atoms with E-state index in [-0.39, 0.29) is 23.7 Å². The lowest BCUT2D eigenvalue weighted by Crippen LogP contribution is -2.44. The maximum atomic E-state index is 13.3. The van der Waals surface area contributed by atoms with Crippen LogP contribution in [0.5, 0.6) is 0 Å². The van der Waals surface area contributed by atoms with Crippen LogP contribution < -0.4 is 21.3 Å². The minimum Gasteiger partial charge on any atom is -0.369 e. The van der Waals surface area contributed by atoms with Crippen molar-refractivity contribution in [3.63, 3.8) is 0 Å². The summed E-state index contributed by atoms with van der Waals surface area (Å²) in [6, 6.07) is 9.78. The van der Waals surface area contributed by atoms with Gasteiger partial charge in [0.05, 0.1) is 12.2 Å². The minimum atomic E-state index is -0.218. The van der Waals surface area contributed by atoms with Crippen molar-refractivity contribution < 1.29 is 0 Å². The molecule has 0 spiro atoms. The van der Waals surface area contributed by atoms with Crippen LogP contribution in [-0.4, -0.2) is 62.0 Å². The first-order valence-electron chi connectivity index (χ1n) is 12.9. The molecule has 198 valence electrons. The third-order valence-corrected chi connectivity index (χ3v) is 7.01. The summed E-state index contributed by atoms with van der Waals surface area (Å²) in [7, 11) is 2.15. The van der Waals surface area contributed by atoms with Gasteiger partial charge in [0.1, 0.15) is 5.39 Å². The zero-order valence-electron chi connectivity index (χ0n) is 22.4. The second kappa shape index (κ2) is 10.3. The van der Waals surface area contributed by atoms with Gasteiger partial charge in [0.15, 0.2) is 5.65 Å². The van der Waals surface area contributed by atoms with Crippen LogP contribution in [0.3, 0.4) is 0 Å². The van der Waals surface area contributed by atoms with Gasteiger partial charge in [-0.1, -0.05) is 6.08 Å². The van der Waals surface area contributed by atoms with Gasteiger partial charge in [0.2, 0.25) is 5.95 Å². The fourth-order valence-corrected chi connectivity index (χ4v) is 4.83. The monoisotopic (exact) mass is 514 g/mol. The molecule has 0 saturated carbocycles. The number of aryl methyl sites for hydroxylation is 1. The molecule has 0 amide bonds. The Hall–Kier alpha value is -4.18. The Morgan fingerprint density at radius 1 is 1.11 bits per heavy atom. The van der Waals surface area contributed by atoms with Crippen LogP contribution in [-0.2, 0) is 6.54 Å². The second-order valence-corrected chi connectivity index (χ2v) is 10.1. The Balaban J connectivity index is 1.54. The molecule has 5 rings (SSSR count). The topological polar surface area (TPSA) is 93.2 Å². The molecular weight excluding hydrogens is 480 g/mol. The van der Waals surface area contributed by atoms with Gasteiger partial charge in [-0.3, -0.25) is 9.59 Å². The molecule has 0 radical (unpaired) electrons. The van der Waals surface area contributed by atoms with E-state index in [1.807, 2.05) is 32.9 Å². The van der Waals surface area contributed by atoms with Gasteiger partial charge in [0, 0.05) is 62.1 Å². The highest BCUT2D eigenvalue weighted by Crippen LogP contribution is 2.23. The maximum Gasteiger partial charge on any atom is 0.278 e. The minimum absolute atomic E-state index is 0.0380. The Morgan fingerprint density at radius 2 is 1.82 bits per heavy atom. The molecule has 38 heavy (non-hydrogen) atoms. The first kappa shape index (κ1) is 25.5. The van der Waals surface area contributed by atoms with Gasteiger partial charge in [0.25, 0.3) is 11.1 Å². The summed E-state index contributed by atoms with van der Waals surface area (Å²) < 4.78 is 4.98. The number of benzene rings is 1. The number of likely N-dealkylation sites (N-methyl/N-ethyl adjacent to an activating group) is 1. The van der Waals surface area contributed by atoms with E-state index in [0.29, 0.717) is 22.7 Å². The van der Waals surface area contributed by atoms with E-state index < -0.39 is 0 Å². The van der Waals surface area contributed by atoms with E-state index in [1.165, 1.54) is 5.69 Å². The molecule has 1 N–H and O–H groups in total. The number of aromatic nitrogens is 5. The summed E-state index contributed by atoms with van der Waals surface area (Å²) >= 11 is 0. The van der Waals surface area contributed by atoms with E-state index in [9.17, 15) is 9.59 Å². The average Bonchev–Trinajstić information content (AvgIpc) is 3.16. The van der Waals surface area contributed by atoms with Crippen molar-refractivity contribution in [1.29, 1.82) is 0 Å². The molecular formula is C28H34N8O2. The summed E-state index contributed by atoms with van der Waals surface area (Å²) in [5, 5.41) is 3.67. The molecule has 0 bridgehead atoms. The zero-order chi connectivity index (χ0) is 27.0. The number of anilines is 3. The molecule has 1 aromatic carbocycles. The van der Waals surface area contributed by atoms with E-state index in [1.54, 1.807) is 38.5 Å². The van der Waals surface area contributed by atoms with Gasteiger partial charge in [-0.2, -0.15) is 4.98 Å². The van der Waals surface area contributed by atoms with Crippen LogP contribution in [0.4, 0.5) is 17.3 Å². The van der Waals surface area contributed by atoms with Gasteiger partial charge in [-0.25, -0.2) is 14.3 Å². The number of nitrogens with zero attached hydrogens (tertiary/aromatic N) is 7. The number of piperazine rings is 1. The first-order chi connectivity index (χ1) is 18.3. The smallest absolute Gasteiger partial charge is 0.278 e. The quantitative estimate of drug-likeness (QED) is 0.378. The molecule has 4 heterocycles. The molecule has 10 heteroatoms. The molecule has 1 aliphatic heterocycles. The number of hydrogen-bond acceptors (Lipinski definition) is 7. The second-order valence-electron chi connectivity index (χ2n) is 10.1. The molecule has 1 aliphatic rings. The molecule has 0 atom stereocenters. The van der Waals surface area contributed by atoms with Crippen molar-refractivity contribution in [2.45, 2.75) is 33.4 Å². The van der Waals surface area contributed by atoms with Crippen LogP contribution in [0, 0.1) is 6.92 Å². The maximum absolute atomic E-state index is 13.3. The Kier molecular flexibility index (Phi) is 6.90. The highest BCUT2D eigenvalue weighted by Gasteiger charge is 2.20. The third-order valence-electron chi connectivity index (χ3n) is 7.01. The summed E-state index contributed by atoms with van der Waals surface area (Å²) in [6.45, 7) is 14.0. The van der Waals surface area contributed by atoms with Crippen molar-refractivity contribution in [3.05, 3.63) is 81.7 Å². The lowest BCUT2D eigenvalue weighted by Gasteiger charge is -2.34. The van der Waals surface area contributed by atoms with Gasteiger partial charge in [-0.15, -0.1) is 6.58 Å². The Morgan fingerprint density at radius 3 is 2.47 bits per heavy atom. The van der Waals surface area contributed by atoms with Gasteiger partial charge >= 0.3 is 0 Å². The first-order valence-corrected chi connectivity index (χ1v) is 12.9. The SMILES string of the molecule is C=CCn1c(=O)c2cnc(Nc3ccc(N4CCN(C)CC4)cc3)nc2n1-c1cn(C(C)C)c(=O)cc1C. The lowest BCUT2D eigenvalue weighted by molar-refractivity contribution is 0.313. The fraction of sp³-hybridized carbons (Fsp3) is 0.357. The standard InChI is InChI=1S/C28H34N8O2/c1-6-11-35-27(38)23-17-29-28(30-21-7-9-22(10-8-21)33-14-12-32(5)13-15-33)31-26(23)36(35)24-18-34(19(2)3)25(37)16-20(24)4/h6-10,16-19H,1,11-15H2,2-5H3,(H,29,30,31). The van der Waals surface area contributed by atoms with Crippen LogP contribution in [0.15, 0.2) is 65.0 Å². The molecule has 0 aliphatic carbocycles. The predicted molar refractivity (Wildman–Crippen MR) is 152 cm³/mol. The van der Waals surface area contributed by atoms with E-state index >= 15 is 0 Å². The normalized spacial score (nSPS) is 14.4. The van der Waals surface area contributed by atoms with Crippen molar-refractivity contribution in [1.82, 2.24) is 28.8 Å². The largest absolute Gasteiger partial charge is 0.369 e. The zero-order valence-corrected chi connectivity index (χ0v) is 22.4. The lowest BCUT2D eigenvalue weighted by atomic mass is 10.2. The Bertz CT molecular complexity index is 1590. The van der Waals surface area contributed by atoms with Gasteiger partial charge in [-0.05, 0) is 57.6 Å². The molecule has 1 saturated heterocycles. The molecule has 3 aromatic heterocycles. The van der Waals surface area contributed by atoms with Crippen molar-refractivity contribution in [3.8, 4) is 5.69 Å². The summed E-state index contributed by atoms with van der Waals surface area (Å²) in [5.41, 5.74) is 3.64. The van der Waals surface area contributed by atoms with E-state index in [4.69, 9.17) is 4.98 Å². The van der Waals surface area contributed by atoms with E-state index in [0.717, 1.165) is 37.4 Å². The highest BCUT2D eigenvalue weighted by molar-refractivity contribution is 5.77. The number of nitrogens with one attached hydrogen (secondary N) is 1. The third kappa shape index (κ3) is 4.74. The van der Waals surface area contributed by atoms with Gasteiger partial charge < -0.3 is 19.7 Å². The van der Waals surface area contributed by atoms with Crippen molar-refractivity contribution in [2.75, 3.05) is 43.4 Å². The number of allylic oxidation sites excluding steroid dienone is 1. The summed E-state index contributed by atoms with van der Waals surface area (Å²) in [4.78, 5) is 39.8. The molecule has 4 aromatic rings. The van der Waals surface area contributed by atoms with Crippen LogP contribution in [0.1, 0.15) is 25.5 Å². The van der Waals surface area contributed by atoms with Crippen molar-refractivity contribution >= 4 is 28.4 Å².